The quantitative estimate of drug-likeness (QED) is 0.712. The molecule has 0 aromatic carbocycles. The van der Waals surface area contributed by atoms with Gasteiger partial charge in [-0.25, -0.2) is 9.78 Å². The number of anilines is 1. The summed E-state index contributed by atoms with van der Waals surface area (Å²) in [5.41, 5.74) is 3.11. The molecule has 1 fully saturated rings. The Balaban J connectivity index is 1.37. The van der Waals surface area contributed by atoms with Crippen LogP contribution in [0.15, 0.2) is 18.5 Å². The lowest BCUT2D eigenvalue weighted by Crippen LogP contribution is -2.36. The summed E-state index contributed by atoms with van der Waals surface area (Å²) in [7, 11) is 0. The average Bonchev–Trinajstić information content (AvgIpc) is 3.41. The van der Waals surface area contributed by atoms with Gasteiger partial charge in [0.2, 0.25) is 5.91 Å². The second-order valence-electron chi connectivity index (χ2n) is 9.98. The maximum absolute atomic E-state index is 12.5. The highest BCUT2D eigenvalue weighted by molar-refractivity contribution is 6.33. The Bertz CT molecular complexity index is 1030. The zero-order valence-corrected chi connectivity index (χ0v) is 19.9. The Labute approximate surface area is 193 Å². The molecule has 0 spiro atoms. The highest BCUT2D eigenvalue weighted by Crippen LogP contribution is 2.39. The minimum absolute atomic E-state index is 0.00138. The van der Waals surface area contributed by atoms with Gasteiger partial charge in [-0.05, 0) is 30.2 Å². The molecule has 1 unspecified atom stereocenters. The van der Waals surface area contributed by atoms with Crippen LogP contribution in [-0.4, -0.2) is 51.2 Å². The van der Waals surface area contributed by atoms with Crippen LogP contribution >= 0.6 is 11.6 Å². The number of amides is 3. The van der Waals surface area contributed by atoms with Gasteiger partial charge in [-0.3, -0.25) is 14.8 Å². The van der Waals surface area contributed by atoms with Crippen molar-refractivity contribution in [2.45, 2.75) is 47.1 Å². The number of rotatable bonds is 5. The van der Waals surface area contributed by atoms with Crippen LogP contribution < -0.4 is 10.6 Å². The maximum Gasteiger partial charge on any atom is 0.320 e. The number of carbonyl (C=O) groups is 2. The lowest BCUT2D eigenvalue weighted by molar-refractivity contribution is -0.133. The molecular formula is C23H31ClN6O2. The molecule has 1 saturated heterocycles. The predicted octanol–water partition coefficient (Wildman–Crippen LogP) is 3.81. The first kappa shape index (κ1) is 22.6. The zero-order chi connectivity index (χ0) is 23.0. The molecule has 2 aromatic rings. The highest BCUT2D eigenvalue weighted by Gasteiger charge is 2.32. The topological polar surface area (TPSA) is 92.2 Å². The van der Waals surface area contributed by atoms with Crippen molar-refractivity contribution in [3.05, 3.63) is 29.2 Å². The fourth-order valence-electron chi connectivity index (χ4n) is 4.55. The molecule has 2 aliphatic rings. The number of nitrogens with zero attached hydrogens (tertiary/aromatic N) is 4. The number of hydrogen-bond acceptors (Lipinski definition) is 4. The number of carbonyl (C=O) groups excluding carboxylic acids is 2. The molecule has 4 heterocycles. The Morgan fingerprint density at radius 1 is 1.28 bits per heavy atom. The predicted molar refractivity (Wildman–Crippen MR) is 124 cm³/mol. The molecular weight excluding hydrogens is 428 g/mol. The van der Waals surface area contributed by atoms with E-state index in [0.29, 0.717) is 23.9 Å². The molecule has 0 aliphatic carbocycles. The largest absolute Gasteiger partial charge is 0.342 e. The van der Waals surface area contributed by atoms with Gasteiger partial charge < -0.3 is 10.2 Å². The molecule has 3 amide bonds. The van der Waals surface area contributed by atoms with Gasteiger partial charge >= 0.3 is 6.03 Å². The van der Waals surface area contributed by atoms with E-state index in [4.69, 9.17) is 11.6 Å². The Kier molecular flexibility index (Phi) is 6.16. The molecule has 1 atom stereocenters. The van der Waals surface area contributed by atoms with E-state index in [-0.39, 0.29) is 29.2 Å². The van der Waals surface area contributed by atoms with Crippen LogP contribution in [0.25, 0.3) is 11.1 Å². The number of aromatic nitrogens is 3. The molecule has 172 valence electrons. The van der Waals surface area contributed by atoms with Crippen molar-refractivity contribution in [3.8, 4) is 11.1 Å². The first-order valence-corrected chi connectivity index (χ1v) is 11.5. The van der Waals surface area contributed by atoms with E-state index < -0.39 is 0 Å². The first-order valence-electron chi connectivity index (χ1n) is 11.2. The van der Waals surface area contributed by atoms with Crippen LogP contribution in [0.3, 0.4) is 0 Å². The molecule has 2 aromatic heterocycles. The van der Waals surface area contributed by atoms with Crippen LogP contribution in [-0.2, 0) is 17.8 Å². The van der Waals surface area contributed by atoms with Crippen molar-refractivity contribution in [1.29, 1.82) is 0 Å². The molecule has 4 rings (SSSR count). The van der Waals surface area contributed by atoms with Crippen molar-refractivity contribution in [2.75, 3.05) is 25.0 Å². The Morgan fingerprint density at radius 2 is 2.06 bits per heavy atom. The van der Waals surface area contributed by atoms with E-state index in [1.165, 1.54) is 0 Å². The average molecular weight is 459 g/mol. The Morgan fingerprint density at radius 3 is 2.81 bits per heavy atom. The number of pyridine rings is 1. The lowest BCUT2D eigenvalue weighted by Gasteiger charge is -2.19. The van der Waals surface area contributed by atoms with Crippen LogP contribution in [0.5, 0.6) is 0 Å². The normalized spacial score (nSPS) is 19.3. The van der Waals surface area contributed by atoms with Gasteiger partial charge in [0.1, 0.15) is 5.82 Å². The fraction of sp³-hybridized carbons (Fsp3) is 0.565. The van der Waals surface area contributed by atoms with E-state index >= 15 is 0 Å². The number of likely N-dealkylation sites (tertiary alicyclic amines) is 1. The molecule has 2 aliphatic heterocycles. The number of urea groups is 1. The number of nitrogens with one attached hydrogen (secondary N) is 2. The third kappa shape index (κ3) is 4.75. The Hall–Kier alpha value is -2.61. The van der Waals surface area contributed by atoms with Gasteiger partial charge in [0.05, 0.1) is 11.2 Å². The molecule has 9 heteroatoms. The number of hydrogen-bond donors (Lipinski definition) is 2. The fourth-order valence-corrected chi connectivity index (χ4v) is 4.75. The summed E-state index contributed by atoms with van der Waals surface area (Å²) in [4.78, 5) is 30.7. The van der Waals surface area contributed by atoms with Gasteiger partial charge in [0, 0.05) is 55.1 Å². The molecule has 0 saturated carbocycles. The number of halogens is 1. The van der Waals surface area contributed by atoms with Crippen LogP contribution in [0.1, 0.15) is 39.8 Å². The van der Waals surface area contributed by atoms with Crippen molar-refractivity contribution in [3.63, 3.8) is 0 Å². The van der Waals surface area contributed by atoms with Gasteiger partial charge in [-0.2, -0.15) is 5.10 Å². The smallest absolute Gasteiger partial charge is 0.320 e. The minimum Gasteiger partial charge on any atom is -0.342 e. The maximum atomic E-state index is 12.5. The molecule has 32 heavy (non-hydrogen) atoms. The van der Waals surface area contributed by atoms with Crippen LogP contribution in [0.2, 0.25) is 5.02 Å². The second kappa shape index (κ2) is 8.73. The third-order valence-electron chi connectivity index (χ3n) is 6.20. The summed E-state index contributed by atoms with van der Waals surface area (Å²) in [5, 5.41) is 10.7. The highest BCUT2D eigenvalue weighted by atomic mass is 35.5. The van der Waals surface area contributed by atoms with Crippen molar-refractivity contribution in [1.82, 2.24) is 25.0 Å². The lowest BCUT2D eigenvalue weighted by atomic mass is 9.89. The van der Waals surface area contributed by atoms with Crippen LogP contribution in [0, 0.1) is 17.3 Å². The molecule has 8 nitrogen and oxygen atoms in total. The van der Waals surface area contributed by atoms with E-state index in [9.17, 15) is 9.59 Å². The minimum atomic E-state index is -0.319. The molecule has 2 N–H and O–H groups in total. The van der Waals surface area contributed by atoms with Crippen LogP contribution in [0.4, 0.5) is 10.6 Å². The van der Waals surface area contributed by atoms with Crippen molar-refractivity contribution >= 4 is 29.4 Å². The van der Waals surface area contributed by atoms with E-state index in [2.05, 4.69) is 34.6 Å². The van der Waals surface area contributed by atoms with Crippen molar-refractivity contribution < 1.29 is 9.59 Å². The molecule has 0 radical (unpaired) electrons. The van der Waals surface area contributed by atoms with E-state index in [0.717, 1.165) is 42.8 Å². The second-order valence-corrected chi connectivity index (χ2v) is 10.4. The van der Waals surface area contributed by atoms with Crippen molar-refractivity contribution in [2.24, 2.45) is 17.3 Å². The summed E-state index contributed by atoms with van der Waals surface area (Å²) in [6, 6.07) is 1.48. The standard InChI is InChI=1S/C23H31ClN6O2/c1-14(2)21(31)29-6-5-15(12-29)9-26-22(32)28-20-7-16(18(24)11-25-20)17-10-27-30-13-23(3,4)8-19(17)30/h7,10-11,14-15H,5-6,8-9,12-13H2,1-4H3,(H2,25,26,28,32). The summed E-state index contributed by atoms with van der Waals surface area (Å²) < 4.78 is 2.03. The number of fused-ring (bicyclic) bond motifs is 1. The van der Waals surface area contributed by atoms with Gasteiger partial charge in [0.15, 0.2) is 0 Å². The summed E-state index contributed by atoms with van der Waals surface area (Å²) in [5.74, 6) is 0.862. The SMILES string of the molecule is CC(C)C(=O)N1CCC(CNC(=O)Nc2cc(-c3cnn4c3CC(C)(C)C4)c(Cl)cn2)C1. The van der Waals surface area contributed by atoms with Gasteiger partial charge in [-0.1, -0.05) is 39.3 Å². The van der Waals surface area contributed by atoms with E-state index in [1.54, 1.807) is 12.3 Å². The monoisotopic (exact) mass is 458 g/mol. The third-order valence-corrected chi connectivity index (χ3v) is 6.50. The molecule has 0 bridgehead atoms. The summed E-state index contributed by atoms with van der Waals surface area (Å²) in [6.45, 7) is 11.1. The first-order chi connectivity index (χ1) is 15.1. The van der Waals surface area contributed by atoms with Gasteiger partial charge in [0.25, 0.3) is 0 Å². The van der Waals surface area contributed by atoms with Gasteiger partial charge in [-0.15, -0.1) is 0 Å². The summed E-state index contributed by atoms with van der Waals surface area (Å²) in [6.07, 6.45) is 5.20. The zero-order valence-electron chi connectivity index (χ0n) is 19.1. The summed E-state index contributed by atoms with van der Waals surface area (Å²) >= 11 is 6.45. The van der Waals surface area contributed by atoms with E-state index in [1.807, 2.05) is 29.6 Å².